The number of carbonyl (C=O) groups excluding carboxylic acids is 3. The summed E-state index contributed by atoms with van der Waals surface area (Å²) in [6, 6.07) is 4.82. The zero-order chi connectivity index (χ0) is 15.3. The van der Waals surface area contributed by atoms with E-state index in [1.165, 1.54) is 19.1 Å². The molecular formula is C14H15FO5. The van der Waals surface area contributed by atoms with Gasteiger partial charge in [0.15, 0.2) is 11.2 Å². The SMILES string of the molecule is COC(=O)C(C)(CC(=O)c1ccc(F)cc1)C(=O)OC. The molecule has 0 bridgehead atoms. The van der Waals surface area contributed by atoms with Gasteiger partial charge in [0.05, 0.1) is 14.2 Å². The van der Waals surface area contributed by atoms with Crippen molar-refractivity contribution in [2.24, 2.45) is 5.41 Å². The third-order valence-electron chi connectivity index (χ3n) is 2.95. The van der Waals surface area contributed by atoms with E-state index in [1.54, 1.807) is 0 Å². The quantitative estimate of drug-likeness (QED) is 0.467. The van der Waals surface area contributed by atoms with E-state index in [9.17, 15) is 18.8 Å². The lowest BCUT2D eigenvalue weighted by Gasteiger charge is -2.22. The third-order valence-corrected chi connectivity index (χ3v) is 2.95. The first-order valence-corrected chi connectivity index (χ1v) is 5.80. The molecule has 0 unspecified atom stereocenters. The summed E-state index contributed by atoms with van der Waals surface area (Å²) in [5, 5.41) is 0. The zero-order valence-electron chi connectivity index (χ0n) is 11.4. The van der Waals surface area contributed by atoms with Crippen molar-refractivity contribution in [2.45, 2.75) is 13.3 Å². The van der Waals surface area contributed by atoms with Crippen LogP contribution in [0.5, 0.6) is 0 Å². The molecule has 0 aromatic heterocycles. The smallest absolute Gasteiger partial charge is 0.323 e. The molecule has 0 saturated heterocycles. The Morgan fingerprint density at radius 2 is 1.50 bits per heavy atom. The Hall–Kier alpha value is -2.24. The van der Waals surface area contributed by atoms with Crippen LogP contribution >= 0.6 is 0 Å². The summed E-state index contributed by atoms with van der Waals surface area (Å²) < 4.78 is 21.9. The highest BCUT2D eigenvalue weighted by molar-refractivity contribution is 6.07. The van der Waals surface area contributed by atoms with Gasteiger partial charge in [-0.15, -0.1) is 0 Å². The van der Waals surface area contributed by atoms with E-state index in [1.807, 2.05) is 0 Å². The minimum Gasteiger partial charge on any atom is -0.468 e. The minimum atomic E-state index is -1.73. The number of halogens is 1. The molecule has 0 atom stereocenters. The summed E-state index contributed by atoms with van der Waals surface area (Å²) >= 11 is 0. The number of hydrogen-bond donors (Lipinski definition) is 0. The van der Waals surface area contributed by atoms with Gasteiger partial charge in [-0.2, -0.15) is 0 Å². The Balaban J connectivity index is 3.01. The number of carbonyl (C=O) groups is 3. The number of rotatable bonds is 5. The van der Waals surface area contributed by atoms with Crippen LogP contribution in [-0.2, 0) is 19.1 Å². The van der Waals surface area contributed by atoms with Crippen molar-refractivity contribution in [3.63, 3.8) is 0 Å². The van der Waals surface area contributed by atoms with E-state index >= 15 is 0 Å². The first kappa shape index (κ1) is 15.8. The van der Waals surface area contributed by atoms with Crippen LogP contribution in [-0.4, -0.2) is 31.9 Å². The first-order chi connectivity index (χ1) is 9.35. The third kappa shape index (κ3) is 3.20. The molecule has 0 aliphatic heterocycles. The molecule has 0 radical (unpaired) electrons. The molecule has 0 N–H and O–H groups in total. The lowest BCUT2D eigenvalue weighted by molar-refractivity contribution is -0.167. The molecule has 108 valence electrons. The number of Topliss-reactive ketones (excluding diaryl/α,β-unsaturated/α-hetero) is 1. The summed E-state index contributed by atoms with van der Waals surface area (Å²) in [6.07, 6.45) is -0.419. The summed E-state index contributed by atoms with van der Waals surface area (Å²) in [5.41, 5.74) is -1.53. The van der Waals surface area contributed by atoms with Gasteiger partial charge in [-0.1, -0.05) is 0 Å². The lowest BCUT2D eigenvalue weighted by Crippen LogP contribution is -2.40. The van der Waals surface area contributed by atoms with Gasteiger partial charge >= 0.3 is 11.9 Å². The molecule has 0 aliphatic carbocycles. The largest absolute Gasteiger partial charge is 0.468 e. The summed E-state index contributed by atoms with van der Waals surface area (Å²) in [6.45, 7) is 1.27. The molecule has 6 heteroatoms. The van der Waals surface area contributed by atoms with E-state index < -0.39 is 35.4 Å². The van der Waals surface area contributed by atoms with Gasteiger partial charge in [-0.3, -0.25) is 14.4 Å². The molecule has 5 nitrogen and oxygen atoms in total. The van der Waals surface area contributed by atoms with Crippen LogP contribution < -0.4 is 0 Å². The summed E-state index contributed by atoms with van der Waals surface area (Å²) in [7, 11) is 2.23. The van der Waals surface area contributed by atoms with Gasteiger partial charge in [0.25, 0.3) is 0 Å². The van der Waals surface area contributed by atoms with Crippen molar-refractivity contribution in [3.8, 4) is 0 Å². The monoisotopic (exact) mass is 282 g/mol. The van der Waals surface area contributed by atoms with E-state index in [0.29, 0.717) is 0 Å². The van der Waals surface area contributed by atoms with Crippen molar-refractivity contribution in [3.05, 3.63) is 35.6 Å². The number of benzene rings is 1. The van der Waals surface area contributed by atoms with Crippen LogP contribution in [0.2, 0.25) is 0 Å². The van der Waals surface area contributed by atoms with Crippen LogP contribution in [0.1, 0.15) is 23.7 Å². The van der Waals surface area contributed by atoms with Crippen LogP contribution in [0.3, 0.4) is 0 Å². The standard InChI is InChI=1S/C14H15FO5/c1-14(12(17)19-2,13(18)20-3)8-11(16)9-4-6-10(15)7-5-9/h4-7H,8H2,1-3H3. The number of ether oxygens (including phenoxy) is 2. The number of hydrogen-bond acceptors (Lipinski definition) is 5. The second-order valence-electron chi connectivity index (χ2n) is 4.42. The highest BCUT2D eigenvalue weighted by atomic mass is 19.1. The van der Waals surface area contributed by atoms with Crippen LogP contribution in [0.15, 0.2) is 24.3 Å². The molecule has 0 spiro atoms. The molecule has 0 amide bonds. The molecule has 1 aromatic carbocycles. The van der Waals surface area contributed by atoms with Gasteiger partial charge < -0.3 is 9.47 Å². The number of esters is 2. The van der Waals surface area contributed by atoms with E-state index in [-0.39, 0.29) is 5.56 Å². The van der Waals surface area contributed by atoms with Crippen molar-refractivity contribution in [1.82, 2.24) is 0 Å². The van der Waals surface area contributed by atoms with Gasteiger partial charge in [0.1, 0.15) is 5.82 Å². The van der Waals surface area contributed by atoms with Crippen LogP contribution in [0, 0.1) is 11.2 Å². The Labute approximate surface area is 115 Å². The minimum absolute atomic E-state index is 0.199. The molecule has 20 heavy (non-hydrogen) atoms. The average molecular weight is 282 g/mol. The topological polar surface area (TPSA) is 69.7 Å². The molecular weight excluding hydrogens is 267 g/mol. The highest BCUT2D eigenvalue weighted by Crippen LogP contribution is 2.27. The molecule has 0 heterocycles. The fraction of sp³-hybridized carbons (Fsp3) is 0.357. The van der Waals surface area contributed by atoms with Gasteiger partial charge in [0.2, 0.25) is 0 Å². The fourth-order valence-corrected chi connectivity index (χ4v) is 1.74. The van der Waals surface area contributed by atoms with Crippen molar-refractivity contribution >= 4 is 17.7 Å². The molecule has 0 fully saturated rings. The molecule has 1 aromatic rings. The predicted octanol–water partition coefficient (Wildman–Crippen LogP) is 1.75. The van der Waals surface area contributed by atoms with E-state index in [2.05, 4.69) is 9.47 Å². The normalized spacial score (nSPS) is 10.8. The van der Waals surface area contributed by atoms with Gasteiger partial charge in [-0.05, 0) is 31.2 Å². The van der Waals surface area contributed by atoms with E-state index in [4.69, 9.17) is 0 Å². The Bertz CT molecular complexity index is 505. The Morgan fingerprint density at radius 3 is 1.90 bits per heavy atom. The van der Waals surface area contributed by atoms with E-state index in [0.717, 1.165) is 26.4 Å². The molecule has 0 aliphatic rings. The van der Waals surface area contributed by atoms with Gasteiger partial charge in [0, 0.05) is 12.0 Å². The zero-order valence-corrected chi connectivity index (χ0v) is 11.4. The van der Waals surface area contributed by atoms with Crippen molar-refractivity contribution < 1.29 is 28.2 Å². The Morgan fingerprint density at radius 1 is 1.05 bits per heavy atom. The second kappa shape index (κ2) is 6.27. The van der Waals surface area contributed by atoms with Crippen LogP contribution in [0.4, 0.5) is 4.39 Å². The first-order valence-electron chi connectivity index (χ1n) is 5.80. The van der Waals surface area contributed by atoms with Crippen molar-refractivity contribution in [2.75, 3.05) is 14.2 Å². The maximum absolute atomic E-state index is 12.8. The summed E-state index contributed by atoms with van der Waals surface area (Å²) in [5.74, 6) is -2.69. The predicted molar refractivity (Wildman–Crippen MR) is 67.5 cm³/mol. The summed E-state index contributed by atoms with van der Waals surface area (Å²) in [4.78, 5) is 35.5. The fourth-order valence-electron chi connectivity index (χ4n) is 1.74. The highest BCUT2D eigenvalue weighted by Gasteiger charge is 2.45. The van der Waals surface area contributed by atoms with Crippen molar-refractivity contribution in [1.29, 1.82) is 0 Å². The Kier molecular flexibility index (Phi) is 4.96. The second-order valence-corrected chi connectivity index (χ2v) is 4.42. The number of methoxy groups -OCH3 is 2. The lowest BCUT2D eigenvalue weighted by atomic mass is 9.83. The van der Waals surface area contributed by atoms with Gasteiger partial charge in [-0.25, -0.2) is 4.39 Å². The maximum atomic E-state index is 12.8. The average Bonchev–Trinajstić information content (AvgIpc) is 2.45. The molecule has 1 rings (SSSR count). The van der Waals surface area contributed by atoms with Crippen LogP contribution in [0.25, 0.3) is 0 Å². The number of ketones is 1. The molecule has 0 saturated carbocycles. The maximum Gasteiger partial charge on any atom is 0.323 e.